The Labute approximate surface area is 121 Å². The SMILES string of the molecule is Cc1cc(C2=NC(c3ccc(F)c(C)c3)=NC2)ccc1F. The zero-order valence-corrected chi connectivity index (χ0v) is 11.8. The highest BCUT2D eigenvalue weighted by Crippen LogP contribution is 2.17. The normalized spacial score (nSPS) is 14.1. The third kappa shape index (κ3) is 2.61. The zero-order chi connectivity index (χ0) is 15.0. The lowest BCUT2D eigenvalue weighted by atomic mass is 10.1. The van der Waals surface area contributed by atoms with Crippen molar-refractivity contribution in [2.24, 2.45) is 9.98 Å². The number of hydrogen-bond donors (Lipinski definition) is 0. The fourth-order valence-corrected chi connectivity index (χ4v) is 2.27. The maximum absolute atomic E-state index is 13.3. The summed E-state index contributed by atoms with van der Waals surface area (Å²) in [5.41, 5.74) is 3.61. The minimum Gasteiger partial charge on any atom is -0.260 e. The summed E-state index contributed by atoms with van der Waals surface area (Å²) in [7, 11) is 0. The number of rotatable bonds is 2. The molecule has 0 fully saturated rings. The first kappa shape index (κ1) is 13.6. The first-order valence-electron chi connectivity index (χ1n) is 6.69. The molecule has 1 heterocycles. The van der Waals surface area contributed by atoms with E-state index in [-0.39, 0.29) is 11.6 Å². The first-order chi connectivity index (χ1) is 10.0. The Balaban J connectivity index is 1.92. The Morgan fingerprint density at radius 2 is 1.43 bits per heavy atom. The van der Waals surface area contributed by atoms with Gasteiger partial charge in [-0.25, -0.2) is 13.8 Å². The maximum Gasteiger partial charge on any atom is 0.155 e. The van der Waals surface area contributed by atoms with Gasteiger partial charge in [0.15, 0.2) is 5.84 Å². The van der Waals surface area contributed by atoms with Crippen LogP contribution in [0.2, 0.25) is 0 Å². The zero-order valence-electron chi connectivity index (χ0n) is 11.8. The van der Waals surface area contributed by atoms with Gasteiger partial charge in [-0.05, 0) is 60.9 Å². The average molecular weight is 284 g/mol. The first-order valence-corrected chi connectivity index (χ1v) is 6.69. The Bertz CT molecular complexity index is 776. The number of aliphatic imine (C=N–C) groups is 2. The quantitative estimate of drug-likeness (QED) is 0.800. The van der Waals surface area contributed by atoms with E-state index >= 15 is 0 Å². The lowest BCUT2D eigenvalue weighted by Crippen LogP contribution is -2.03. The molecule has 1 aliphatic rings. The molecule has 0 spiro atoms. The van der Waals surface area contributed by atoms with Crippen LogP contribution in [0.4, 0.5) is 8.78 Å². The van der Waals surface area contributed by atoms with Crippen molar-refractivity contribution in [1.82, 2.24) is 0 Å². The van der Waals surface area contributed by atoms with E-state index in [1.165, 1.54) is 12.1 Å². The molecule has 0 radical (unpaired) electrons. The Morgan fingerprint density at radius 1 is 0.857 bits per heavy atom. The number of amidine groups is 1. The monoisotopic (exact) mass is 284 g/mol. The molecular weight excluding hydrogens is 270 g/mol. The molecule has 0 aliphatic carbocycles. The van der Waals surface area contributed by atoms with E-state index in [0.29, 0.717) is 23.5 Å². The van der Waals surface area contributed by atoms with Crippen molar-refractivity contribution >= 4 is 11.5 Å². The predicted molar refractivity (Wildman–Crippen MR) is 80.2 cm³/mol. The van der Waals surface area contributed by atoms with Crippen molar-refractivity contribution < 1.29 is 8.78 Å². The Morgan fingerprint density at radius 3 is 2.05 bits per heavy atom. The molecule has 0 saturated heterocycles. The third-order valence-electron chi connectivity index (χ3n) is 3.53. The van der Waals surface area contributed by atoms with Gasteiger partial charge in [0.25, 0.3) is 0 Å². The van der Waals surface area contributed by atoms with Crippen LogP contribution in [0, 0.1) is 25.5 Å². The van der Waals surface area contributed by atoms with Crippen molar-refractivity contribution in [3.63, 3.8) is 0 Å². The summed E-state index contributed by atoms with van der Waals surface area (Å²) in [4.78, 5) is 8.88. The molecule has 1 aliphatic heterocycles. The summed E-state index contributed by atoms with van der Waals surface area (Å²) >= 11 is 0. The number of nitrogens with zero attached hydrogens (tertiary/aromatic N) is 2. The second-order valence-corrected chi connectivity index (χ2v) is 5.13. The fraction of sp³-hybridized carbons (Fsp3) is 0.176. The molecule has 3 rings (SSSR count). The second kappa shape index (κ2) is 5.20. The minimum atomic E-state index is -0.240. The highest BCUT2D eigenvalue weighted by molar-refractivity contribution is 6.17. The van der Waals surface area contributed by atoms with Gasteiger partial charge in [0.05, 0.1) is 12.3 Å². The molecule has 0 amide bonds. The highest BCUT2D eigenvalue weighted by atomic mass is 19.1. The Hall–Kier alpha value is -2.36. The standard InChI is InChI=1S/C17H14F2N2/c1-10-7-12(3-5-14(10)18)16-9-20-17(21-16)13-4-6-15(19)11(2)8-13/h3-8H,9H2,1-2H3. The minimum absolute atomic E-state index is 0.229. The molecule has 2 aromatic rings. The van der Waals surface area contributed by atoms with Gasteiger partial charge in [-0.3, -0.25) is 4.99 Å². The van der Waals surface area contributed by atoms with Gasteiger partial charge in [0.1, 0.15) is 11.6 Å². The lowest BCUT2D eigenvalue weighted by molar-refractivity contribution is 0.618. The summed E-state index contributed by atoms with van der Waals surface area (Å²) in [6.45, 7) is 3.89. The molecule has 2 nitrogen and oxygen atoms in total. The van der Waals surface area contributed by atoms with Gasteiger partial charge in [-0.1, -0.05) is 6.07 Å². The van der Waals surface area contributed by atoms with Crippen molar-refractivity contribution in [1.29, 1.82) is 0 Å². The van der Waals surface area contributed by atoms with Crippen molar-refractivity contribution in [2.45, 2.75) is 13.8 Å². The van der Waals surface area contributed by atoms with Crippen molar-refractivity contribution in [3.05, 3.63) is 70.3 Å². The van der Waals surface area contributed by atoms with Gasteiger partial charge in [0, 0.05) is 5.56 Å². The molecule has 0 saturated carbocycles. The van der Waals surface area contributed by atoms with E-state index in [1.54, 1.807) is 38.1 Å². The lowest BCUT2D eigenvalue weighted by Gasteiger charge is -2.02. The molecule has 0 bridgehead atoms. The summed E-state index contributed by atoms with van der Waals surface area (Å²) in [6.07, 6.45) is 0. The number of hydrogen-bond acceptors (Lipinski definition) is 2. The van der Waals surface area contributed by atoms with Gasteiger partial charge < -0.3 is 0 Å². The smallest absolute Gasteiger partial charge is 0.155 e. The third-order valence-corrected chi connectivity index (χ3v) is 3.53. The van der Waals surface area contributed by atoms with E-state index < -0.39 is 0 Å². The maximum atomic E-state index is 13.3. The van der Waals surface area contributed by atoms with E-state index in [2.05, 4.69) is 9.98 Å². The summed E-state index contributed by atoms with van der Waals surface area (Å²) < 4.78 is 26.6. The molecule has 21 heavy (non-hydrogen) atoms. The van der Waals surface area contributed by atoms with Crippen LogP contribution >= 0.6 is 0 Å². The van der Waals surface area contributed by atoms with Crippen LogP contribution in [0.15, 0.2) is 46.4 Å². The Kier molecular flexibility index (Phi) is 3.37. The number of benzene rings is 2. The van der Waals surface area contributed by atoms with Crippen LogP contribution in [0.5, 0.6) is 0 Å². The molecule has 0 N–H and O–H groups in total. The molecular formula is C17H14F2N2. The van der Waals surface area contributed by atoms with Gasteiger partial charge in [-0.2, -0.15) is 0 Å². The van der Waals surface area contributed by atoms with E-state index in [0.717, 1.165) is 16.8 Å². The summed E-state index contributed by atoms with van der Waals surface area (Å²) in [5.74, 6) is 0.124. The predicted octanol–water partition coefficient (Wildman–Crippen LogP) is 3.83. The van der Waals surface area contributed by atoms with Gasteiger partial charge in [0.2, 0.25) is 0 Å². The number of aryl methyl sites for hydroxylation is 2. The summed E-state index contributed by atoms with van der Waals surface area (Å²) in [5, 5.41) is 0. The molecule has 2 aromatic carbocycles. The van der Waals surface area contributed by atoms with Crippen LogP contribution in [0.1, 0.15) is 22.3 Å². The molecule has 0 atom stereocenters. The fourth-order valence-electron chi connectivity index (χ4n) is 2.27. The van der Waals surface area contributed by atoms with Crippen LogP contribution in [0.25, 0.3) is 0 Å². The molecule has 0 aromatic heterocycles. The topological polar surface area (TPSA) is 24.7 Å². The molecule has 106 valence electrons. The molecule has 0 unspecified atom stereocenters. The van der Waals surface area contributed by atoms with E-state index in [4.69, 9.17) is 0 Å². The van der Waals surface area contributed by atoms with Crippen LogP contribution < -0.4 is 0 Å². The van der Waals surface area contributed by atoms with Gasteiger partial charge >= 0.3 is 0 Å². The van der Waals surface area contributed by atoms with Crippen LogP contribution in [0.3, 0.4) is 0 Å². The van der Waals surface area contributed by atoms with Crippen molar-refractivity contribution in [3.8, 4) is 0 Å². The number of halogens is 2. The van der Waals surface area contributed by atoms with Crippen molar-refractivity contribution in [2.75, 3.05) is 6.54 Å². The largest absolute Gasteiger partial charge is 0.260 e. The highest BCUT2D eigenvalue weighted by Gasteiger charge is 2.15. The average Bonchev–Trinajstić information content (AvgIpc) is 2.94. The van der Waals surface area contributed by atoms with E-state index in [1.807, 2.05) is 0 Å². The van der Waals surface area contributed by atoms with Crippen LogP contribution in [-0.2, 0) is 0 Å². The molecule has 4 heteroatoms. The second-order valence-electron chi connectivity index (χ2n) is 5.13. The van der Waals surface area contributed by atoms with Crippen LogP contribution in [-0.4, -0.2) is 18.1 Å². The van der Waals surface area contributed by atoms with Gasteiger partial charge in [-0.15, -0.1) is 0 Å². The summed E-state index contributed by atoms with van der Waals surface area (Å²) in [6, 6.07) is 9.73. The van der Waals surface area contributed by atoms with E-state index in [9.17, 15) is 8.78 Å².